The second-order valence-electron chi connectivity index (χ2n) is 9.47. The highest BCUT2D eigenvalue weighted by Crippen LogP contribution is 2.21. The molecule has 2 heterocycles. The number of likely N-dealkylation sites (tertiary alicyclic amines) is 1. The van der Waals surface area contributed by atoms with Crippen LogP contribution in [0.3, 0.4) is 0 Å². The Morgan fingerprint density at radius 2 is 1.82 bits per heavy atom. The van der Waals surface area contributed by atoms with Crippen molar-refractivity contribution < 1.29 is 9.59 Å². The van der Waals surface area contributed by atoms with Crippen LogP contribution >= 0.6 is 0 Å². The van der Waals surface area contributed by atoms with E-state index in [0.717, 1.165) is 67.5 Å². The number of nitrogens with zero attached hydrogens (tertiary/aromatic N) is 3. The summed E-state index contributed by atoms with van der Waals surface area (Å²) in [5.41, 5.74) is 3.82. The summed E-state index contributed by atoms with van der Waals surface area (Å²) in [4.78, 5) is 32.3. The lowest BCUT2D eigenvalue weighted by molar-refractivity contribution is -0.135. The quantitative estimate of drug-likeness (QED) is 0.463. The van der Waals surface area contributed by atoms with E-state index >= 15 is 0 Å². The molecule has 0 bridgehead atoms. The maximum absolute atomic E-state index is 13.1. The highest BCUT2D eigenvalue weighted by molar-refractivity contribution is 5.94. The molecule has 1 N–H and O–H groups in total. The van der Waals surface area contributed by atoms with Crippen LogP contribution in [0, 0.1) is 6.92 Å². The molecule has 0 radical (unpaired) electrons. The summed E-state index contributed by atoms with van der Waals surface area (Å²) in [6, 6.07) is 16.0. The number of aryl methyl sites for hydroxylation is 2. The Hall–Kier alpha value is -3.15. The number of hydrogen-bond donors (Lipinski definition) is 1. The average Bonchev–Trinajstić information content (AvgIpc) is 3.19. The molecule has 1 fully saturated rings. The summed E-state index contributed by atoms with van der Waals surface area (Å²) in [6.07, 6.45) is 7.09. The second-order valence-corrected chi connectivity index (χ2v) is 9.47. The molecule has 0 saturated carbocycles. The molecule has 1 saturated heterocycles. The van der Waals surface area contributed by atoms with Gasteiger partial charge in [0, 0.05) is 31.1 Å². The molecule has 0 aliphatic carbocycles. The van der Waals surface area contributed by atoms with Crippen LogP contribution in [0.2, 0.25) is 0 Å². The second kappa shape index (κ2) is 11.3. The lowest BCUT2D eigenvalue weighted by Gasteiger charge is -2.33. The molecule has 1 atom stereocenters. The first-order valence-corrected chi connectivity index (χ1v) is 12.6. The topological polar surface area (TPSA) is 67.2 Å². The normalized spacial score (nSPS) is 16.1. The average molecular weight is 461 g/mol. The van der Waals surface area contributed by atoms with Gasteiger partial charge in [0.15, 0.2) is 0 Å². The molecule has 3 aromatic rings. The minimum absolute atomic E-state index is 0.0211. The number of imidazole rings is 1. The molecule has 1 unspecified atom stereocenters. The van der Waals surface area contributed by atoms with Gasteiger partial charge in [0.2, 0.25) is 5.91 Å². The lowest BCUT2D eigenvalue weighted by atomic mass is 10.0. The van der Waals surface area contributed by atoms with E-state index in [2.05, 4.69) is 22.9 Å². The first-order chi connectivity index (χ1) is 16.5. The van der Waals surface area contributed by atoms with Crippen molar-refractivity contribution in [3.63, 3.8) is 0 Å². The van der Waals surface area contributed by atoms with Crippen molar-refractivity contribution in [2.24, 2.45) is 0 Å². The van der Waals surface area contributed by atoms with E-state index in [-0.39, 0.29) is 11.8 Å². The van der Waals surface area contributed by atoms with Gasteiger partial charge in [-0.1, -0.05) is 36.2 Å². The molecule has 2 aromatic carbocycles. The summed E-state index contributed by atoms with van der Waals surface area (Å²) < 4.78 is 2.11. The van der Waals surface area contributed by atoms with Crippen LogP contribution in [0.25, 0.3) is 11.0 Å². The Labute approximate surface area is 202 Å². The van der Waals surface area contributed by atoms with Gasteiger partial charge < -0.3 is 14.8 Å². The van der Waals surface area contributed by atoms with Crippen molar-refractivity contribution in [2.75, 3.05) is 13.1 Å². The zero-order valence-corrected chi connectivity index (χ0v) is 20.4. The van der Waals surface area contributed by atoms with Crippen LogP contribution in [0.1, 0.15) is 67.2 Å². The number of para-hydroxylation sites is 2. The molecule has 6 heteroatoms. The van der Waals surface area contributed by atoms with Crippen LogP contribution < -0.4 is 5.32 Å². The Morgan fingerprint density at radius 3 is 2.62 bits per heavy atom. The van der Waals surface area contributed by atoms with Gasteiger partial charge in [0.25, 0.3) is 5.91 Å². The van der Waals surface area contributed by atoms with Gasteiger partial charge in [-0.3, -0.25) is 9.59 Å². The van der Waals surface area contributed by atoms with Crippen molar-refractivity contribution in [2.45, 2.75) is 71.4 Å². The van der Waals surface area contributed by atoms with Gasteiger partial charge in [-0.05, 0) is 70.2 Å². The minimum Gasteiger partial charge on any atom is -0.352 e. The van der Waals surface area contributed by atoms with Gasteiger partial charge in [-0.15, -0.1) is 0 Å². The van der Waals surface area contributed by atoms with Crippen molar-refractivity contribution in [3.05, 3.63) is 65.5 Å². The van der Waals surface area contributed by atoms with E-state index in [1.807, 2.05) is 54.3 Å². The molecule has 1 aromatic heterocycles. The fourth-order valence-electron chi connectivity index (χ4n) is 4.78. The number of nitrogens with one attached hydrogen (secondary N) is 1. The molecule has 6 nitrogen and oxygen atoms in total. The molecule has 34 heavy (non-hydrogen) atoms. The number of carbonyl (C=O) groups excluding carboxylic acids is 2. The standard InChI is InChI=1S/C28H36N4O2/c1-21-14-16-23(17-15-21)28(34)29-18-8-3-4-13-26-30-24-11-5-6-12-25(24)32(26)20-27(33)31-19-9-7-10-22(31)2/h5-6,11-12,14-17,22H,3-4,7-10,13,18-20H2,1-2H3,(H,29,34). The number of amides is 2. The molecule has 180 valence electrons. The van der Waals surface area contributed by atoms with Crippen molar-refractivity contribution in [1.82, 2.24) is 19.8 Å². The highest BCUT2D eigenvalue weighted by Gasteiger charge is 2.24. The Morgan fingerprint density at radius 1 is 1.03 bits per heavy atom. The predicted molar refractivity (Wildman–Crippen MR) is 136 cm³/mol. The van der Waals surface area contributed by atoms with E-state index in [1.54, 1.807) is 0 Å². The maximum Gasteiger partial charge on any atom is 0.251 e. The van der Waals surface area contributed by atoms with Gasteiger partial charge in [-0.2, -0.15) is 0 Å². The van der Waals surface area contributed by atoms with E-state index in [4.69, 9.17) is 4.98 Å². The molecule has 2 amide bonds. The number of piperidine rings is 1. The van der Waals surface area contributed by atoms with Crippen molar-refractivity contribution in [3.8, 4) is 0 Å². The van der Waals surface area contributed by atoms with E-state index in [1.165, 1.54) is 6.42 Å². The first kappa shape index (κ1) is 24.0. The zero-order valence-electron chi connectivity index (χ0n) is 20.4. The van der Waals surface area contributed by atoms with E-state index < -0.39 is 0 Å². The highest BCUT2D eigenvalue weighted by atomic mass is 16.2. The zero-order chi connectivity index (χ0) is 23.9. The molecular formula is C28H36N4O2. The third-order valence-electron chi connectivity index (χ3n) is 6.83. The fourth-order valence-corrected chi connectivity index (χ4v) is 4.78. The Bertz CT molecular complexity index is 1120. The number of benzene rings is 2. The molecular weight excluding hydrogens is 424 g/mol. The van der Waals surface area contributed by atoms with Crippen molar-refractivity contribution in [1.29, 1.82) is 0 Å². The van der Waals surface area contributed by atoms with Crippen LogP contribution in [-0.2, 0) is 17.8 Å². The van der Waals surface area contributed by atoms with Crippen LogP contribution in [0.5, 0.6) is 0 Å². The third kappa shape index (κ3) is 5.85. The minimum atomic E-state index is -0.0211. The van der Waals surface area contributed by atoms with Gasteiger partial charge in [0.1, 0.15) is 12.4 Å². The third-order valence-corrected chi connectivity index (χ3v) is 6.83. The monoisotopic (exact) mass is 460 g/mol. The smallest absolute Gasteiger partial charge is 0.251 e. The largest absolute Gasteiger partial charge is 0.352 e. The first-order valence-electron chi connectivity index (χ1n) is 12.6. The van der Waals surface area contributed by atoms with Crippen LogP contribution in [0.4, 0.5) is 0 Å². The van der Waals surface area contributed by atoms with Crippen LogP contribution in [-0.4, -0.2) is 45.4 Å². The van der Waals surface area contributed by atoms with Gasteiger partial charge in [0.05, 0.1) is 11.0 Å². The summed E-state index contributed by atoms with van der Waals surface area (Å²) in [6.45, 7) is 6.04. The number of hydrogen-bond acceptors (Lipinski definition) is 3. The Kier molecular flexibility index (Phi) is 7.99. The molecule has 1 aliphatic heterocycles. The van der Waals surface area contributed by atoms with Gasteiger partial charge >= 0.3 is 0 Å². The van der Waals surface area contributed by atoms with Crippen LogP contribution in [0.15, 0.2) is 48.5 Å². The van der Waals surface area contributed by atoms with Gasteiger partial charge in [-0.25, -0.2) is 4.98 Å². The Balaban J connectivity index is 1.30. The lowest BCUT2D eigenvalue weighted by Crippen LogP contribution is -2.43. The van der Waals surface area contributed by atoms with Crippen molar-refractivity contribution >= 4 is 22.8 Å². The number of unbranched alkanes of at least 4 members (excludes halogenated alkanes) is 2. The number of carbonyl (C=O) groups is 2. The summed E-state index contributed by atoms with van der Waals surface area (Å²) in [5.74, 6) is 1.14. The molecule has 4 rings (SSSR count). The fraction of sp³-hybridized carbons (Fsp3) is 0.464. The predicted octanol–water partition coefficient (Wildman–Crippen LogP) is 4.89. The molecule has 0 spiro atoms. The maximum atomic E-state index is 13.1. The van der Waals surface area contributed by atoms with E-state index in [0.29, 0.717) is 24.7 Å². The van der Waals surface area contributed by atoms with E-state index in [9.17, 15) is 9.59 Å². The summed E-state index contributed by atoms with van der Waals surface area (Å²) >= 11 is 0. The number of aromatic nitrogens is 2. The molecule has 1 aliphatic rings. The number of rotatable bonds is 9. The SMILES string of the molecule is Cc1ccc(C(=O)NCCCCCc2nc3ccccc3n2CC(=O)N2CCCCC2C)cc1. The number of fused-ring (bicyclic) bond motifs is 1. The summed E-state index contributed by atoms with van der Waals surface area (Å²) in [5, 5.41) is 3.01. The summed E-state index contributed by atoms with van der Waals surface area (Å²) in [7, 11) is 0.